The molecule has 3 rings (SSSR count). The SMILES string of the molecule is COCCCNC(=O)CN1CCN(C(=O)c2cc(-c3cccc(Cl)c3)n[nH]2)CC1. The molecule has 1 aliphatic heterocycles. The average Bonchev–Trinajstić information content (AvgIpc) is 3.22. The van der Waals surface area contributed by atoms with Gasteiger partial charge in [-0.2, -0.15) is 5.10 Å². The summed E-state index contributed by atoms with van der Waals surface area (Å²) < 4.78 is 4.96. The molecule has 0 unspecified atom stereocenters. The van der Waals surface area contributed by atoms with E-state index in [0.29, 0.717) is 62.3 Å². The molecule has 0 radical (unpaired) electrons. The number of hydrogen-bond acceptors (Lipinski definition) is 5. The molecule has 29 heavy (non-hydrogen) atoms. The lowest BCUT2D eigenvalue weighted by Gasteiger charge is -2.34. The zero-order chi connectivity index (χ0) is 20.6. The summed E-state index contributed by atoms with van der Waals surface area (Å²) in [6.45, 7) is 4.05. The quantitative estimate of drug-likeness (QED) is 0.635. The third kappa shape index (κ3) is 6.03. The Morgan fingerprint density at radius 1 is 1.24 bits per heavy atom. The smallest absolute Gasteiger partial charge is 0.271 e. The maximum Gasteiger partial charge on any atom is 0.271 e. The predicted molar refractivity (Wildman–Crippen MR) is 111 cm³/mol. The van der Waals surface area contributed by atoms with Gasteiger partial charge in [0.25, 0.3) is 5.91 Å². The predicted octanol–water partition coefficient (Wildman–Crippen LogP) is 1.64. The molecule has 0 spiro atoms. The number of piperazine rings is 1. The molecule has 2 N–H and O–H groups in total. The van der Waals surface area contributed by atoms with Crippen molar-refractivity contribution in [3.8, 4) is 11.3 Å². The molecule has 2 aromatic rings. The molecular weight excluding hydrogens is 394 g/mol. The molecule has 9 heteroatoms. The highest BCUT2D eigenvalue weighted by Crippen LogP contribution is 2.22. The molecule has 1 fully saturated rings. The maximum atomic E-state index is 12.8. The molecule has 1 aromatic heterocycles. The van der Waals surface area contributed by atoms with Crippen molar-refractivity contribution in [3.05, 3.63) is 41.0 Å². The van der Waals surface area contributed by atoms with Gasteiger partial charge in [0.15, 0.2) is 0 Å². The first-order valence-electron chi connectivity index (χ1n) is 9.65. The fourth-order valence-electron chi connectivity index (χ4n) is 3.21. The van der Waals surface area contributed by atoms with Crippen LogP contribution in [0.2, 0.25) is 5.02 Å². The number of benzene rings is 1. The zero-order valence-corrected chi connectivity index (χ0v) is 17.2. The van der Waals surface area contributed by atoms with Gasteiger partial charge >= 0.3 is 0 Å². The molecule has 1 aliphatic rings. The van der Waals surface area contributed by atoms with Crippen LogP contribution in [0.3, 0.4) is 0 Å². The minimum atomic E-state index is -0.0885. The van der Waals surface area contributed by atoms with Crippen molar-refractivity contribution in [3.63, 3.8) is 0 Å². The number of nitrogens with one attached hydrogen (secondary N) is 2. The highest BCUT2D eigenvalue weighted by Gasteiger charge is 2.24. The first-order chi connectivity index (χ1) is 14.1. The van der Waals surface area contributed by atoms with Crippen molar-refractivity contribution in [1.82, 2.24) is 25.3 Å². The van der Waals surface area contributed by atoms with Gasteiger partial charge in [0, 0.05) is 57.0 Å². The van der Waals surface area contributed by atoms with E-state index in [1.165, 1.54) is 0 Å². The Morgan fingerprint density at radius 3 is 2.76 bits per heavy atom. The number of ether oxygens (including phenoxy) is 1. The number of aromatic nitrogens is 2. The van der Waals surface area contributed by atoms with Gasteiger partial charge < -0.3 is 15.0 Å². The number of aromatic amines is 1. The topological polar surface area (TPSA) is 90.6 Å². The zero-order valence-electron chi connectivity index (χ0n) is 16.5. The Morgan fingerprint density at radius 2 is 2.03 bits per heavy atom. The first-order valence-corrected chi connectivity index (χ1v) is 10.0. The van der Waals surface area contributed by atoms with Crippen molar-refractivity contribution >= 4 is 23.4 Å². The molecule has 156 valence electrons. The highest BCUT2D eigenvalue weighted by atomic mass is 35.5. The summed E-state index contributed by atoms with van der Waals surface area (Å²) in [4.78, 5) is 28.6. The van der Waals surface area contributed by atoms with E-state index in [2.05, 4.69) is 20.4 Å². The third-order valence-electron chi connectivity index (χ3n) is 4.80. The summed E-state index contributed by atoms with van der Waals surface area (Å²) in [5, 5.41) is 10.6. The van der Waals surface area contributed by atoms with Gasteiger partial charge in [0.2, 0.25) is 5.91 Å². The second-order valence-corrected chi connectivity index (χ2v) is 7.38. The number of halogens is 1. The summed E-state index contributed by atoms with van der Waals surface area (Å²) in [5.74, 6) is -0.0879. The molecule has 0 atom stereocenters. The van der Waals surface area contributed by atoms with Crippen LogP contribution in [0.4, 0.5) is 0 Å². The van der Waals surface area contributed by atoms with E-state index in [4.69, 9.17) is 16.3 Å². The lowest BCUT2D eigenvalue weighted by Crippen LogP contribution is -2.51. The number of carbonyl (C=O) groups is 2. The Balaban J connectivity index is 1.47. The van der Waals surface area contributed by atoms with Crippen molar-refractivity contribution in [2.75, 3.05) is 53.0 Å². The van der Waals surface area contributed by atoms with Crippen LogP contribution in [-0.2, 0) is 9.53 Å². The minimum Gasteiger partial charge on any atom is -0.385 e. The van der Waals surface area contributed by atoms with Crippen molar-refractivity contribution in [1.29, 1.82) is 0 Å². The molecule has 8 nitrogen and oxygen atoms in total. The standard InChI is InChI=1S/C20H26ClN5O3/c1-29-11-3-6-22-19(27)14-25-7-9-26(10-8-25)20(28)18-13-17(23-24-18)15-4-2-5-16(21)12-15/h2,4-5,12-13H,3,6-11,14H2,1H3,(H,22,27)(H,23,24). The van der Waals surface area contributed by atoms with E-state index >= 15 is 0 Å². The van der Waals surface area contributed by atoms with Crippen LogP contribution < -0.4 is 5.32 Å². The number of hydrogen-bond donors (Lipinski definition) is 2. The largest absolute Gasteiger partial charge is 0.385 e. The van der Waals surface area contributed by atoms with E-state index in [9.17, 15) is 9.59 Å². The second-order valence-electron chi connectivity index (χ2n) is 6.94. The van der Waals surface area contributed by atoms with Gasteiger partial charge in [0.1, 0.15) is 5.69 Å². The van der Waals surface area contributed by atoms with Crippen LogP contribution in [0.25, 0.3) is 11.3 Å². The molecule has 0 aliphatic carbocycles. The summed E-state index contributed by atoms with van der Waals surface area (Å²) in [5.41, 5.74) is 1.98. The molecule has 1 aromatic carbocycles. The highest BCUT2D eigenvalue weighted by molar-refractivity contribution is 6.30. The summed E-state index contributed by atoms with van der Waals surface area (Å²) in [6, 6.07) is 9.10. The number of nitrogens with zero attached hydrogens (tertiary/aromatic N) is 3. The van der Waals surface area contributed by atoms with Crippen LogP contribution in [0.5, 0.6) is 0 Å². The van der Waals surface area contributed by atoms with Gasteiger partial charge in [-0.25, -0.2) is 0 Å². The van der Waals surface area contributed by atoms with Crippen molar-refractivity contribution in [2.24, 2.45) is 0 Å². The number of amides is 2. The Bertz CT molecular complexity index is 833. The summed E-state index contributed by atoms with van der Waals surface area (Å²) in [7, 11) is 1.64. The average molecular weight is 420 g/mol. The monoisotopic (exact) mass is 419 g/mol. The lowest BCUT2D eigenvalue weighted by molar-refractivity contribution is -0.122. The minimum absolute atomic E-state index is 0.000566. The van der Waals surface area contributed by atoms with Crippen LogP contribution in [0.15, 0.2) is 30.3 Å². The van der Waals surface area contributed by atoms with Gasteiger partial charge in [-0.3, -0.25) is 19.6 Å². The third-order valence-corrected chi connectivity index (χ3v) is 5.04. The summed E-state index contributed by atoms with van der Waals surface area (Å²) >= 11 is 6.03. The van der Waals surface area contributed by atoms with Crippen LogP contribution in [-0.4, -0.2) is 84.8 Å². The van der Waals surface area contributed by atoms with Crippen LogP contribution in [0.1, 0.15) is 16.9 Å². The molecule has 2 heterocycles. The normalized spacial score (nSPS) is 14.8. The Hall–Kier alpha value is -2.42. The fraction of sp³-hybridized carbons (Fsp3) is 0.450. The Kier molecular flexibility index (Phi) is 7.62. The van der Waals surface area contributed by atoms with Gasteiger partial charge in [-0.15, -0.1) is 0 Å². The van der Waals surface area contributed by atoms with E-state index in [0.717, 1.165) is 12.0 Å². The summed E-state index contributed by atoms with van der Waals surface area (Å²) in [6.07, 6.45) is 0.797. The number of carbonyl (C=O) groups excluding carboxylic acids is 2. The fourth-order valence-corrected chi connectivity index (χ4v) is 3.40. The first kappa shape index (κ1) is 21.3. The van der Waals surface area contributed by atoms with E-state index in [1.807, 2.05) is 18.2 Å². The molecule has 2 amide bonds. The molecule has 0 bridgehead atoms. The number of methoxy groups -OCH3 is 1. The van der Waals surface area contributed by atoms with Gasteiger partial charge in [-0.05, 0) is 24.6 Å². The van der Waals surface area contributed by atoms with E-state index in [-0.39, 0.29) is 11.8 Å². The van der Waals surface area contributed by atoms with E-state index in [1.54, 1.807) is 24.1 Å². The molecule has 0 saturated carbocycles. The Labute approximate surface area is 175 Å². The van der Waals surface area contributed by atoms with E-state index < -0.39 is 0 Å². The molecular formula is C20H26ClN5O3. The van der Waals surface area contributed by atoms with Crippen molar-refractivity contribution < 1.29 is 14.3 Å². The lowest BCUT2D eigenvalue weighted by atomic mass is 10.1. The second kappa shape index (κ2) is 10.4. The van der Waals surface area contributed by atoms with Gasteiger partial charge in [-0.1, -0.05) is 23.7 Å². The van der Waals surface area contributed by atoms with Crippen LogP contribution in [0, 0.1) is 0 Å². The van der Waals surface area contributed by atoms with Crippen molar-refractivity contribution in [2.45, 2.75) is 6.42 Å². The number of rotatable bonds is 8. The maximum absolute atomic E-state index is 12.8. The van der Waals surface area contributed by atoms with Gasteiger partial charge in [0.05, 0.1) is 12.2 Å². The van der Waals surface area contributed by atoms with Crippen LogP contribution >= 0.6 is 11.6 Å². The molecule has 1 saturated heterocycles. The number of H-pyrrole nitrogens is 1.